The Balaban J connectivity index is 1.03. The Morgan fingerprint density at radius 1 is 0.377 bits per heavy atom. The molecular weight excluding hydrogens is 839 g/mol. The Bertz CT molecular complexity index is 3830. The molecule has 0 saturated heterocycles. The lowest BCUT2D eigenvalue weighted by Gasteiger charge is -2.12. The van der Waals surface area contributed by atoms with E-state index in [1.54, 1.807) is 0 Å². The highest BCUT2D eigenvalue weighted by atomic mass is 15.0. The molecule has 12 rings (SSSR count). The minimum Gasteiger partial charge on any atom is -0.313 e. The Morgan fingerprint density at radius 2 is 0.812 bits per heavy atom. The summed E-state index contributed by atoms with van der Waals surface area (Å²) in [5, 5.41) is 4.73. The molecule has 12 aromatic rings. The van der Waals surface area contributed by atoms with Gasteiger partial charge in [0.1, 0.15) is 0 Å². The monoisotopic (exact) mass is 883 g/mol. The lowest BCUT2D eigenvalue weighted by Crippen LogP contribution is -2.00. The maximum atomic E-state index is 5.13. The van der Waals surface area contributed by atoms with E-state index in [0.29, 0.717) is 17.5 Å². The number of para-hydroxylation sites is 2. The molecule has 3 heterocycles. The predicted molar refractivity (Wildman–Crippen MR) is 289 cm³/mol. The second-order valence-electron chi connectivity index (χ2n) is 17.4. The number of nitrogens with zero attached hydrogens (tertiary/aromatic N) is 5. The van der Waals surface area contributed by atoms with Gasteiger partial charge in [-0.05, 0) is 107 Å². The van der Waals surface area contributed by atoms with Gasteiger partial charge in [-0.25, -0.2) is 15.0 Å². The Morgan fingerprint density at radius 3 is 1.36 bits per heavy atom. The molecular formula is C64H45N5. The summed E-state index contributed by atoms with van der Waals surface area (Å²) in [6.45, 7) is 6.70. The molecule has 3 aromatic heterocycles. The van der Waals surface area contributed by atoms with E-state index >= 15 is 0 Å². The molecule has 0 aliphatic carbocycles. The van der Waals surface area contributed by atoms with E-state index in [-0.39, 0.29) is 0 Å². The van der Waals surface area contributed by atoms with E-state index in [1.807, 2.05) is 66.7 Å². The minimum atomic E-state index is 0.614. The highest BCUT2D eigenvalue weighted by molar-refractivity contribution is 6.13. The Hall–Kier alpha value is -9.19. The van der Waals surface area contributed by atoms with Gasteiger partial charge in [0.15, 0.2) is 17.5 Å². The van der Waals surface area contributed by atoms with Gasteiger partial charge in [0.05, 0.1) is 22.1 Å². The van der Waals surface area contributed by atoms with Gasteiger partial charge in [-0.3, -0.25) is 0 Å². The number of allylic oxidation sites excluding steroid dienone is 5. The van der Waals surface area contributed by atoms with Crippen LogP contribution in [-0.4, -0.2) is 24.1 Å². The van der Waals surface area contributed by atoms with Gasteiger partial charge in [0, 0.05) is 49.6 Å². The van der Waals surface area contributed by atoms with Crippen LogP contribution in [0.1, 0.15) is 18.1 Å². The number of aromatic nitrogens is 5. The summed E-state index contributed by atoms with van der Waals surface area (Å²) in [6, 6.07) is 80.9. The normalized spacial score (nSPS) is 12.1. The highest BCUT2D eigenvalue weighted by Gasteiger charge is 2.19. The molecule has 0 radical (unpaired) electrons. The van der Waals surface area contributed by atoms with Gasteiger partial charge >= 0.3 is 0 Å². The van der Waals surface area contributed by atoms with Crippen molar-refractivity contribution in [1.82, 2.24) is 24.1 Å². The van der Waals surface area contributed by atoms with Crippen LogP contribution in [-0.2, 0) is 0 Å². The van der Waals surface area contributed by atoms with Crippen LogP contribution in [0.4, 0.5) is 0 Å². The summed E-state index contributed by atoms with van der Waals surface area (Å²) < 4.78 is 4.74. The number of benzene rings is 9. The second-order valence-corrected chi connectivity index (χ2v) is 17.4. The van der Waals surface area contributed by atoms with Crippen LogP contribution in [0.2, 0.25) is 0 Å². The summed E-state index contributed by atoms with van der Waals surface area (Å²) in [4.78, 5) is 15.2. The van der Waals surface area contributed by atoms with Crippen molar-refractivity contribution in [2.75, 3.05) is 0 Å². The number of fused-ring (bicyclic) bond motifs is 6. The quantitative estimate of drug-likeness (QED) is 0.129. The van der Waals surface area contributed by atoms with Gasteiger partial charge in [-0.15, -0.1) is 0 Å². The zero-order valence-electron chi connectivity index (χ0n) is 38.0. The zero-order chi connectivity index (χ0) is 46.3. The molecule has 0 saturated carbocycles. The van der Waals surface area contributed by atoms with Crippen LogP contribution in [0.3, 0.4) is 0 Å². The highest BCUT2D eigenvalue weighted by Crippen LogP contribution is 2.39. The fraction of sp³-hybridized carbons (Fsp3) is 0.0156. The van der Waals surface area contributed by atoms with E-state index in [4.69, 9.17) is 15.0 Å². The molecule has 0 aliphatic heterocycles. The first-order valence-electron chi connectivity index (χ1n) is 23.3. The van der Waals surface area contributed by atoms with Gasteiger partial charge in [-0.2, -0.15) is 0 Å². The first-order chi connectivity index (χ1) is 34.0. The smallest absolute Gasteiger partial charge is 0.164 e. The van der Waals surface area contributed by atoms with E-state index in [2.05, 4.69) is 199 Å². The third kappa shape index (κ3) is 7.72. The Kier molecular flexibility index (Phi) is 10.5. The molecule has 9 aromatic carbocycles. The van der Waals surface area contributed by atoms with Crippen LogP contribution in [0, 0.1) is 0 Å². The Labute approximate surface area is 401 Å². The van der Waals surface area contributed by atoms with Crippen molar-refractivity contribution in [1.29, 1.82) is 0 Å². The van der Waals surface area contributed by atoms with Crippen molar-refractivity contribution >= 4 is 60.5 Å². The van der Waals surface area contributed by atoms with E-state index < -0.39 is 0 Å². The minimum absolute atomic E-state index is 0.614. The van der Waals surface area contributed by atoms with E-state index in [0.717, 1.165) is 83.3 Å². The zero-order valence-corrected chi connectivity index (χ0v) is 38.0. The molecule has 5 heteroatoms. The van der Waals surface area contributed by atoms with Crippen molar-refractivity contribution in [2.45, 2.75) is 6.92 Å². The third-order valence-corrected chi connectivity index (χ3v) is 13.1. The van der Waals surface area contributed by atoms with Gasteiger partial charge in [0.2, 0.25) is 0 Å². The maximum absolute atomic E-state index is 5.13. The lowest BCUT2D eigenvalue weighted by molar-refractivity contribution is 1.07. The number of hydrogen-bond acceptors (Lipinski definition) is 3. The van der Waals surface area contributed by atoms with Gasteiger partial charge < -0.3 is 9.13 Å². The van der Waals surface area contributed by atoms with Gasteiger partial charge in [0.25, 0.3) is 0 Å². The summed E-state index contributed by atoms with van der Waals surface area (Å²) in [6.07, 6.45) is 4.47. The standard InChI is InChI=1S/C64H45N5/c1-43(45-19-7-3-8-20-45)39-52(46-21-9-4-10-22-46)40-44(2)68-60-37-33-50(47-31-35-53(36-32-47)69-58-29-17-15-27-54(58)55-28-16-18-30-59(55)69)41-56(60)57-42-51(34-38-61(57)68)64-66-62(48-23-11-5-12-24-48)65-63(67-64)49-25-13-6-14-26-49/h3-42H,1H2,2H3/b44-40+,52-39+. The topological polar surface area (TPSA) is 48.5 Å². The summed E-state index contributed by atoms with van der Waals surface area (Å²) in [5.41, 5.74) is 16.0. The molecule has 0 unspecified atom stereocenters. The van der Waals surface area contributed by atoms with Crippen molar-refractivity contribution in [2.24, 2.45) is 0 Å². The summed E-state index contributed by atoms with van der Waals surface area (Å²) in [5.74, 6) is 1.87. The van der Waals surface area contributed by atoms with Crippen molar-refractivity contribution < 1.29 is 0 Å². The molecule has 69 heavy (non-hydrogen) atoms. The molecule has 0 atom stereocenters. The molecule has 0 fully saturated rings. The third-order valence-electron chi connectivity index (χ3n) is 13.1. The molecule has 0 spiro atoms. The summed E-state index contributed by atoms with van der Waals surface area (Å²) in [7, 11) is 0. The summed E-state index contributed by atoms with van der Waals surface area (Å²) >= 11 is 0. The average Bonchev–Trinajstić information content (AvgIpc) is 3.94. The molecule has 0 aliphatic rings. The van der Waals surface area contributed by atoms with Crippen LogP contribution >= 0.6 is 0 Å². The van der Waals surface area contributed by atoms with Crippen LogP contribution in [0.15, 0.2) is 249 Å². The van der Waals surface area contributed by atoms with E-state index in [9.17, 15) is 0 Å². The number of rotatable bonds is 10. The predicted octanol–water partition coefficient (Wildman–Crippen LogP) is 16.4. The molecule has 0 N–H and O–H groups in total. The van der Waals surface area contributed by atoms with Crippen molar-refractivity contribution in [3.63, 3.8) is 0 Å². The van der Waals surface area contributed by atoms with Crippen LogP contribution < -0.4 is 0 Å². The first kappa shape index (κ1) is 41.3. The maximum Gasteiger partial charge on any atom is 0.164 e. The van der Waals surface area contributed by atoms with Crippen LogP contribution in [0.25, 0.3) is 111 Å². The van der Waals surface area contributed by atoms with Crippen molar-refractivity contribution in [3.8, 4) is 51.0 Å². The molecule has 0 bridgehead atoms. The second kappa shape index (κ2) is 17.6. The number of hydrogen-bond donors (Lipinski definition) is 0. The fourth-order valence-corrected chi connectivity index (χ4v) is 9.72. The average molecular weight is 884 g/mol. The molecule has 326 valence electrons. The molecule has 5 nitrogen and oxygen atoms in total. The fourth-order valence-electron chi connectivity index (χ4n) is 9.72. The lowest BCUT2D eigenvalue weighted by atomic mass is 9.99. The van der Waals surface area contributed by atoms with Crippen molar-refractivity contribution in [3.05, 3.63) is 260 Å². The molecule has 0 amide bonds. The van der Waals surface area contributed by atoms with E-state index in [1.165, 1.54) is 21.8 Å². The first-order valence-corrected chi connectivity index (χ1v) is 23.3. The largest absolute Gasteiger partial charge is 0.313 e. The van der Waals surface area contributed by atoms with Crippen LogP contribution in [0.5, 0.6) is 0 Å². The van der Waals surface area contributed by atoms with Gasteiger partial charge in [-0.1, -0.05) is 183 Å². The SMILES string of the molecule is C=C(/C=C(\C=C(/C)n1c2ccc(-c3ccc(-n4c5ccccc5c5ccccc54)cc3)cc2c2cc(-c3nc(-c4ccccc4)nc(-c4ccccc4)n3)ccc21)c1ccccc1)c1ccccc1.